The minimum absolute atomic E-state index is 0.201. The molecule has 2 aromatic heterocycles. The second-order valence-corrected chi connectivity index (χ2v) is 5.19. The van der Waals surface area contributed by atoms with Gasteiger partial charge < -0.3 is 10.1 Å². The molecule has 2 N–H and O–H groups in total. The van der Waals surface area contributed by atoms with Crippen LogP contribution in [0.2, 0.25) is 0 Å². The summed E-state index contributed by atoms with van der Waals surface area (Å²) in [6.45, 7) is 1.83. The number of nitrogens with zero attached hydrogens (tertiary/aromatic N) is 3. The fraction of sp³-hybridized carbons (Fsp3) is 0.118. The normalized spacial score (nSPS) is 10.2. The number of carbonyl (C=O) groups excluding carboxylic acids is 1. The number of hydrogen-bond acceptors (Lipinski definition) is 5. The highest BCUT2D eigenvalue weighted by Gasteiger charge is 2.13. The highest BCUT2D eigenvalue weighted by atomic mass is 16.6. The fourth-order valence-corrected chi connectivity index (χ4v) is 2.08. The van der Waals surface area contributed by atoms with Gasteiger partial charge in [0.05, 0.1) is 0 Å². The van der Waals surface area contributed by atoms with Crippen molar-refractivity contribution in [3.63, 3.8) is 0 Å². The van der Waals surface area contributed by atoms with E-state index >= 15 is 0 Å². The van der Waals surface area contributed by atoms with E-state index < -0.39 is 6.09 Å². The standard InChI is InChI=1S/C17H17N5O2/c1-12-8-9-14(19-13-6-4-3-5-7-13)16(18-12)24-17(23)20-15-10-11-22(2)21-15/h3-11,19H,1-2H3,(H,20,21,23). The molecule has 0 aliphatic heterocycles. The van der Waals surface area contributed by atoms with Gasteiger partial charge in [0, 0.05) is 30.7 Å². The zero-order chi connectivity index (χ0) is 16.9. The first kappa shape index (κ1) is 15.5. The van der Waals surface area contributed by atoms with E-state index in [1.807, 2.05) is 49.4 Å². The Morgan fingerprint density at radius 3 is 2.62 bits per heavy atom. The van der Waals surface area contributed by atoms with Crippen LogP contribution in [0.5, 0.6) is 5.88 Å². The molecule has 0 radical (unpaired) electrons. The van der Waals surface area contributed by atoms with Gasteiger partial charge in [-0.1, -0.05) is 18.2 Å². The number of hydrogen-bond donors (Lipinski definition) is 2. The van der Waals surface area contributed by atoms with Crippen molar-refractivity contribution in [3.05, 3.63) is 60.4 Å². The van der Waals surface area contributed by atoms with Crippen LogP contribution < -0.4 is 15.4 Å². The van der Waals surface area contributed by atoms with Crippen molar-refractivity contribution in [3.8, 4) is 5.88 Å². The van der Waals surface area contributed by atoms with Gasteiger partial charge in [0.15, 0.2) is 5.82 Å². The SMILES string of the molecule is Cc1ccc(Nc2ccccc2)c(OC(=O)Nc2ccn(C)n2)n1. The predicted molar refractivity (Wildman–Crippen MR) is 91.6 cm³/mol. The Bertz CT molecular complexity index is 845. The molecule has 0 saturated carbocycles. The Morgan fingerprint density at radius 1 is 1.12 bits per heavy atom. The van der Waals surface area contributed by atoms with E-state index in [0.717, 1.165) is 11.4 Å². The maximum Gasteiger partial charge on any atom is 0.419 e. The third-order valence-corrected chi connectivity index (χ3v) is 3.19. The minimum Gasteiger partial charge on any atom is -0.389 e. The van der Waals surface area contributed by atoms with Crippen molar-refractivity contribution in [1.29, 1.82) is 0 Å². The Hall–Kier alpha value is -3.35. The largest absolute Gasteiger partial charge is 0.419 e. The molecule has 0 aliphatic rings. The van der Waals surface area contributed by atoms with Crippen LogP contribution in [0.3, 0.4) is 0 Å². The van der Waals surface area contributed by atoms with Gasteiger partial charge >= 0.3 is 6.09 Å². The smallest absolute Gasteiger partial charge is 0.389 e. The summed E-state index contributed by atoms with van der Waals surface area (Å²) < 4.78 is 6.93. The zero-order valence-electron chi connectivity index (χ0n) is 13.4. The maximum atomic E-state index is 12.1. The number of pyridine rings is 1. The van der Waals surface area contributed by atoms with Gasteiger partial charge in [0.25, 0.3) is 0 Å². The molecule has 0 aliphatic carbocycles. The number of para-hydroxylation sites is 1. The first-order valence-corrected chi connectivity index (χ1v) is 7.38. The molecule has 0 bridgehead atoms. The summed E-state index contributed by atoms with van der Waals surface area (Å²) in [6, 6.07) is 14.9. The molecule has 0 spiro atoms. The summed E-state index contributed by atoms with van der Waals surface area (Å²) >= 11 is 0. The highest BCUT2D eigenvalue weighted by molar-refractivity contribution is 5.86. The molecule has 24 heavy (non-hydrogen) atoms. The number of rotatable bonds is 4. The Morgan fingerprint density at radius 2 is 1.92 bits per heavy atom. The quantitative estimate of drug-likeness (QED) is 0.768. The molecule has 1 aromatic carbocycles. The van der Waals surface area contributed by atoms with Gasteiger partial charge in [-0.15, -0.1) is 0 Å². The van der Waals surface area contributed by atoms with E-state index in [1.165, 1.54) is 0 Å². The van der Waals surface area contributed by atoms with Crippen molar-refractivity contribution in [2.24, 2.45) is 7.05 Å². The van der Waals surface area contributed by atoms with Gasteiger partial charge in [-0.25, -0.2) is 9.78 Å². The number of aryl methyl sites for hydroxylation is 2. The number of nitrogens with one attached hydrogen (secondary N) is 2. The van der Waals surface area contributed by atoms with Crippen LogP contribution in [-0.4, -0.2) is 20.9 Å². The summed E-state index contributed by atoms with van der Waals surface area (Å²) in [6.07, 6.45) is 1.08. The molecule has 0 saturated heterocycles. The number of anilines is 3. The fourth-order valence-electron chi connectivity index (χ4n) is 2.08. The van der Waals surface area contributed by atoms with E-state index in [0.29, 0.717) is 11.5 Å². The van der Waals surface area contributed by atoms with Crippen LogP contribution >= 0.6 is 0 Å². The average Bonchev–Trinajstić information content (AvgIpc) is 2.96. The van der Waals surface area contributed by atoms with Crippen molar-refractivity contribution in [2.45, 2.75) is 6.92 Å². The Balaban J connectivity index is 1.76. The van der Waals surface area contributed by atoms with E-state index in [1.54, 1.807) is 24.0 Å². The van der Waals surface area contributed by atoms with Crippen molar-refractivity contribution in [1.82, 2.24) is 14.8 Å². The van der Waals surface area contributed by atoms with Crippen LogP contribution in [0.25, 0.3) is 0 Å². The van der Waals surface area contributed by atoms with E-state index in [-0.39, 0.29) is 5.88 Å². The molecular formula is C17H17N5O2. The zero-order valence-corrected chi connectivity index (χ0v) is 13.4. The van der Waals surface area contributed by atoms with Crippen molar-refractivity contribution >= 4 is 23.3 Å². The lowest BCUT2D eigenvalue weighted by atomic mass is 10.3. The minimum atomic E-state index is -0.650. The van der Waals surface area contributed by atoms with Crippen LogP contribution in [0, 0.1) is 6.92 Å². The second kappa shape index (κ2) is 6.82. The molecule has 0 fully saturated rings. The van der Waals surface area contributed by atoms with Gasteiger partial charge in [-0.2, -0.15) is 5.10 Å². The summed E-state index contributed by atoms with van der Waals surface area (Å²) in [7, 11) is 1.76. The van der Waals surface area contributed by atoms with E-state index in [2.05, 4.69) is 20.7 Å². The molecule has 3 rings (SSSR count). The number of ether oxygens (including phenoxy) is 1. The molecular weight excluding hydrogens is 306 g/mol. The number of benzene rings is 1. The third kappa shape index (κ3) is 3.89. The van der Waals surface area contributed by atoms with Crippen LogP contribution in [0.15, 0.2) is 54.7 Å². The number of carbonyl (C=O) groups is 1. The summed E-state index contributed by atoms with van der Waals surface area (Å²) in [5.74, 6) is 0.611. The first-order valence-electron chi connectivity index (χ1n) is 7.38. The first-order chi connectivity index (χ1) is 11.6. The van der Waals surface area contributed by atoms with Gasteiger partial charge in [-0.3, -0.25) is 10.00 Å². The summed E-state index contributed by atoms with van der Waals surface area (Å²) in [5.41, 5.74) is 2.22. The Kier molecular flexibility index (Phi) is 4.42. The lowest BCUT2D eigenvalue weighted by molar-refractivity contribution is 0.213. The molecule has 3 aromatic rings. The number of aromatic nitrogens is 3. The van der Waals surface area contributed by atoms with Gasteiger partial charge in [0.2, 0.25) is 5.88 Å². The predicted octanol–water partition coefficient (Wildman–Crippen LogP) is 3.48. The highest BCUT2D eigenvalue weighted by Crippen LogP contribution is 2.26. The molecule has 122 valence electrons. The third-order valence-electron chi connectivity index (χ3n) is 3.19. The van der Waals surface area contributed by atoms with Crippen LogP contribution in [0.1, 0.15) is 5.69 Å². The molecule has 7 heteroatoms. The Labute approximate surface area is 139 Å². The number of amides is 1. The second-order valence-electron chi connectivity index (χ2n) is 5.19. The van der Waals surface area contributed by atoms with E-state index in [9.17, 15) is 4.79 Å². The topological polar surface area (TPSA) is 81.1 Å². The molecule has 2 heterocycles. The average molecular weight is 323 g/mol. The molecule has 0 unspecified atom stereocenters. The van der Waals surface area contributed by atoms with E-state index in [4.69, 9.17) is 4.74 Å². The molecule has 1 amide bonds. The van der Waals surface area contributed by atoms with Crippen molar-refractivity contribution in [2.75, 3.05) is 10.6 Å². The van der Waals surface area contributed by atoms with Crippen molar-refractivity contribution < 1.29 is 9.53 Å². The maximum absolute atomic E-state index is 12.1. The van der Waals surface area contributed by atoms with Gasteiger partial charge in [-0.05, 0) is 31.2 Å². The molecule has 7 nitrogen and oxygen atoms in total. The molecule has 0 atom stereocenters. The van der Waals surface area contributed by atoms with Gasteiger partial charge in [0.1, 0.15) is 5.69 Å². The van der Waals surface area contributed by atoms with Crippen LogP contribution in [0.4, 0.5) is 22.0 Å². The summed E-state index contributed by atoms with van der Waals surface area (Å²) in [4.78, 5) is 16.3. The lowest BCUT2D eigenvalue weighted by Crippen LogP contribution is -2.18. The summed E-state index contributed by atoms with van der Waals surface area (Å²) in [5, 5.41) is 9.82. The van der Waals surface area contributed by atoms with Crippen LogP contribution in [-0.2, 0) is 7.05 Å². The monoisotopic (exact) mass is 323 g/mol. The lowest BCUT2D eigenvalue weighted by Gasteiger charge is -2.12.